The highest BCUT2D eigenvalue weighted by Gasteiger charge is 2.06. The van der Waals surface area contributed by atoms with Gasteiger partial charge in [-0.3, -0.25) is 4.79 Å². The average Bonchev–Trinajstić information content (AvgIpc) is 2.21. The summed E-state index contributed by atoms with van der Waals surface area (Å²) in [4.78, 5) is 11.2. The molecule has 14 heavy (non-hydrogen) atoms. The molecule has 0 aromatic heterocycles. The molecule has 1 atom stereocenters. The summed E-state index contributed by atoms with van der Waals surface area (Å²) >= 11 is 0. The fraction of sp³-hybridized carbons (Fsp3) is 0.700. The fourth-order valence-electron chi connectivity index (χ4n) is 1.01. The molecule has 0 spiro atoms. The Morgan fingerprint density at radius 2 is 2.36 bits per heavy atom. The zero-order valence-electron chi connectivity index (χ0n) is 9.01. The van der Waals surface area contributed by atoms with Crippen LogP contribution in [0.4, 0.5) is 0 Å². The first-order valence-electron chi connectivity index (χ1n) is 4.84. The molecule has 1 amide bonds. The third-order valence-corrected chi connectivity index (χ3v) is 1.86. The van der Waals surface area contributed by atoms with E-state index in [0.717, 1.165) is 6.42 Å². The van der Waals surface area contributed by atoms with E-state index in [4.69, 9.17) is 4.74 Å². The monoisotopic (exact) mass is 200 g/mol. The number of carbonyl (C=O) groups excluding carboxylic acids is 1. The van der Waals surface area contributed by atoms with Crippen LogP contribution in [0.1, 0.15) is 13.3 Å². The summed E-state index contributed by atoms with van der Waals surface area (Å²) in [6.07, 6.45) is 2.60. The summed E-state index contributed by atoms with van der Waals surface area (Å²) in [6, 6.07) is 0.245. The summed E-state index contributed by atoms with van der Waals surface area (Å²) in [6.45, 7) is 7.05. The Labute approximate surface area is 85.7 Å². The standard InChI is InChI=1S/C10H20N2O2/c1-4-6-11-10(13)7-12-9(5-2)8-14-3/h4,9,12H,1,5-8H2,2-3H3,(H,11,13). The zero-order chi connectivity index (χ0) is 10.8. The van der Waals surface area contributed by atoms with E-state index in [-0.39, 0.29) is 11.9 Å². The molecular formula is C10H20N2O2. The third-order valence-electron chi connectivity index (χ3n) is 1.86. The molecule has 4 nitrogen and oxygen atoms in total. The smallest absolute Gasteiger partial charge is 0.234 e. The van der Waals surface area contributed by atoms with E-state index in [2.05, 4.69) is 24.1 Å². The summed E-state index contributed by atoms with van der Waals surface area (Å²) in [5, 5.41) is 5.80. The number of carbonyl (C=O) groups is 1. The maximum atomic E-state index is 11.2. The molecule has 0 aliphatic rings. The van der Waals surface area contributed by atoms with E-state index in [1.165, 1.54) is 0 Å². The maximum absolute atomic E-state index is 11.2. The van der Waals surface area contributed by atoms with Gasteiger partial charge < -0.3 is 15.4 Å². The van der Waals surface area contributed by atoms with Gasteiger partial charge in [-0.2, -0.15) is 0 Å². The second kappa shape index (κ2) is 8.72. The van der Waals surface area contributed by atoms with Gasteiger partial charge in [-0.1, -0.05) is 13.0 Å². The van der Waals surface area contributed by atoms with Gasteiger partial charge in [0.25, 0.3) is 0 Å². The second-order valence-corrected chi connectivity index (χ2v) is 3.03. The Bertz CT molecular complexity index is 172. The lowest BCUT2D eigenvalue weighted by molar-refractivity contribution is -0.120. The zero-order valence-corrected chi connectivity index (χ0v) is 9.01. The first-order valence-corrected chi connectivity index (χ1v) is 4.84. The van der Waals surface area contributed by atoms with Crippen LogP contribution in [-0.2, 0) is 9.53 Å². The number of methoxy groups -OCH3 is 1. The highest BCUT2D eigenvalue weighted by Crippen LogP contribution is 1.89. The first kappa shape index (κ1) is 13.1. The molecule has 0 aromatic rings. The molecule has 0 aromatic carbocycles. The van der Waals surface area contributed by atoms with Crippen molar-refractivity contribution < 1.29 is 9.53 Å². The molecule has 0 saturated carbocycles. The number of nitrogens with one attached hydrogen (secondary N) is 2. The molecule has 0 fully saturated rings. The highest BCUT2D eigenvalue weighted by molar-refractivity contribution is 5.78. The number of hydrogen-bond donors (Lipinski definition) is 2. The van der Waals surface area contributed by atoms with Gasteiger partial charge in [-0.05, 0) is 6.42 Å². The molecule has 1 unspecified atom stereocenters. The van der Waals surface area contributed by atoms with Crippen LogP contribution in [0, 0.1) is 0 Å². The van der Waals surface area contributed by atoms with Crippen molar-refractivity contribution in [1.82, 2.24) is 10.6 Å². The Morgan fingerprint density at radius 3 is 2.86 bits per heavy atom. The van der Waals surface area contributed by atoms with Crippen molar-refractivity contribution in [3.05, 3.63) is 12.7 Å². The van der Waals surface area contributed by atoms with Crippen LogP contribution < -0.4 is 10.6 Å². The van der Waals surface area contributed by atoms with Gasteiger partial charge in [0.2, 0.25) is 5.91 Å². The topological polar surface area (TPSA) is 50.4 Å². The van der Waals surface area contributed by atoms with Gasteiger partial charge in [-0.15, -0.1) is 6.58 Å². The van der Waals surface area contributed by atoms with Gasteiger partial charge in [0.1, 0.15) is 0 Å². The fourth-order valence-corrected chi connectivity index (χ4v) is 1.01. The van der Waals surface area contributed by atoms with Crippen molar-refractivity contribution in [3.8, 4) is 0 Å². The highest BCUT2D eigenvalue weighted by atomic mass is 16.5. The van der Waals surface area contributed by atoms with E-state index in [1.807, 2.05) is 0 Å². The minimum Gasteiger partial charge on any atom is -0.383 e. The molecular weight excluding hydrogens is 180 g/mol. The van der Waals surface area contributed by atoms with E-state index >= 15 is 0 Å². The number of rotatable bonds is 8. The summed E-state index contributed by atoms with van der Waals surface area (Å²) in [5.74, 6) is -0.0144. The Morgan fingerprint density at radius 1 is 1.64 bits per heavy atom. The van der Waals surface area contributed by atoms with Crippen molar-refractivity contribution in [2.75, 3.05) is 26.8 Å². The largest absolute Gasteiger partial charge is 0.383 e. The van der Waals surface area contributed by atoms with Gasteiger partial charge in [0.15, 0.2) is 0 Å². The predicted octanol–water partition coefficient (Wildman–Crippen LogP) is 0.303. The van der Waals surface area contributed by atoms with Crippen molar-refractivity contribution in [2.24, 2.45) is 0 Å². The molecule has 0 bridgehead atoms. The van der Waals surface area contributed by atoms with Crippen molar-refractivity contribution >= 4 is 5.91 Å². The van der Waals surface area contributed by atoms with Crippen molar-refractivity contribution in [3.63, 3.8) is 0 Å². The van der Waals surface area contributed by atoms with Gasteiger partial charge in [-0.25, -0.2) is 0 Å². The second-order valence-electron chi connectivity index (χ2n) is 3.03. The molecule has 0 aliphatic carbocycles. The van der Waals surface area contributed by atoms with Crippen LogP contribution in [0.25, 0.3) is 0 Å². The lowest BCUT2D eigenvalue weighted by Gasteiger charge is -2.15. The molecule has 0 saturated heterocycles. The Hall–Kier alpha value is -0.870. The molecule has 0 heterocycles. The summed E-state index contributed by atoms with van der Waals surface area (Å²) < 4.78 is 5.00. The van der Waals surface area contributed by atoms with E-state index in [9.17, 15) is 4.79 Å². The Kier molecular flexibility index (Phi) is 8.17. The van der Waals surface area contributed by atoms with Crippen LogP contribution in [0.15, 0.2) is 12.7 Å². The van der Waals surface area contributed by atoms with Crippen LogP contribution in [0.5, 0.6) is 0 Å². The lowest BCUT2D eigenvalue weighted by Crippen LogP contribution is -2.40. The van der Waals surface area contributed by atoms with Crippen LogP contribution in [0.2, 0.25) is 0 Å². The Balaban J connectivity index is 3.56. The van der Waals surface area contributed by atoms with E-state index in [0.29, 0.717) is 19.7 Å². The van der Waals surface area contributed by atoms with Crippen LogP contribution >= 0.6 is 0 Å². The lowest BCUT2D eigenvalue weighted by atomic mass is 10.2. The van der Waals surface area contributed by atoms with Crippen LogP contribution in [0.3, 0.4) is 0 Å². The average molecular weight is 200 g/mol. The van der Waals surface area contributed by atoms with Crippen molar-refractivity contribution in [1.29, 1.82) is 0 Å². The van der Waals surface area contributed by atoms with E-state index in [1.54, 1.807) is 13.2 Å². The van der Waals surface area contributed by atoms with Gasteiger partial charge >= 0.3 is 0 Å². The molecule has 2 N–H and O–H groups in total. The number of ether oxygens (including phenoxy) is 1. The minimum atomic E-state index is -0.0144. The SMILES string of the molecule is C=CCNC(=O)CNC(CC)COC. The van der Waals surface area contributed by atoms with Crippen molar-refractivity contribution in [2.45, 2.75) is 19.4 Å². The summed E-state index contributed by atoms with van der Waals surface area (Å²) in [5.41, 5.74) is 0. The maximum Gasteiger partial charge on any atom is 0.234 e. The van der Waals surface area contributed by atoms with Crippen LogP contribution in [-0.4, -0.2) is 38.8 Å². The summed E-state index contributed by atoms with van der Waals surface area (Å²) in [7, 11) is 1.65. The number of hydrogen-bond acceptors (Lipinski definition) is 3. The first-order chi connectivity index (χ1) is 6.74. The molecule has 4 heteroatoms. The normalized spacial score (nSPS) is 12.1. The molecule has 82 valence electrons. The van der Waals surface area contributed by atoms with Gasteiger partial charge in [0.05, 0.1) is 13.2 Å². The number of amides is 1. The third kappa shape index (κ3) is 6.62. The predicted molar refractivity (Wildman–Crippen MR) is 57.2 cm³/mol. The van der Waals surface area contributed by atoms with Gasteiger partial charge in [0, 0.05) is 19.7 Å². The molecule has 0 radical (unpaired) electrons. The molecule has 0 rings (SSSR count). The quantitative estimate of drug-likeness (QED) is 0.554. The molecule has 0 aliphatic heterocycles. The minimum absolute atomic E-state index is 0.0144. The van der Waals surface area contributed by atoms with E-state index < -0.39 is 0 Å².